The van der Waals surface area contributed by atoms with Crippen LogP contribution in [-0.4, -0.2) is 35.8 Å². The smallest absolute Gasteiger partial charge is 0.181 e. The zero-order valence-corrected chi connectivity index (χ0v) is 15.5. The lowest BCUT2D eigenvalue weighted by Crippen LogP contribution is -2.05. The first-order valence-corrected chi connectivity index (χ1v) is 9.39. The molecule has 0 radical (unpaired) electrons. The molecule has 1 atom stereocenters. The maximum absolute atomic E-state index is 5.80. The number of fused-ring (bicyclic) bond motifs is 1. The van der Waals surface area contributed by atoms with E-state index in [-0.39, 0.29) is 6.10 Å². The van der Waals surface area contributed by atoms with E-state index in [4.69, 9.17) is 4.74 Å². The Morgan fingerprint density at radius 2 is 2.04 bits per heavy atom. The first-order valence-electron chi connectivity index (χ1n) is 9.39. The quantitative estimate of drug-likeness (QED) is 0.581. The van der Waals surface area contributed by atoms with Gasteiger partial charge in [-0.25, -0.2) is 9.97 Å². The normalized spacial score (nSPS) is 15.4. The van der Waals surface area contributed by atoms with E-state index in [1.807, 2.05) is 30.6 Å². The Kier molecular flexibility index (Phi) is 4.12. The van der Waals surface area contributed by atoms with Gasteiger partial charge in [-0.05, 0) is 42.8 Å². The molecule has 140 valence electrons. The van der Waals surface area contributed by atoms with Crippen LogP contribution in [0.3, 0.4) is 0 Å². The van der Waals surface area contributed by atoms with Crippen LogP contribution in [0.4, 0.5) is 0 Å². The number of H-pyrrole nitrogens is 1. The Labute approximate surface area is 162 Å². The summed E-state index contributed by atoms with van der Waals surface area (Å²) in [5.41, 5.74) is 3.31. The van der Waals surface area contributed by atoms with Crippen molar-refractivity contribution in [1.29, 1.82) is 0 Å². The summed E-state index contributed by atoms with van der Waals surface area (Å²) in [6.45, 7) is 2.86. The largest absolute Gasteiger partial charge is 0.490 e. The van der Waals surface area contributed by atoms with Crippen molar-refractivity contribution in [3.63, 3.8) is 0 Å². The number of pyridine rings is 1. The van der Waals surface area contributed by atoms with Gasteiger partial charge in [0.25, 0.3) is 0 Å². The van der Waals surface area contributed by atoms with Crippen LogP contribution in [0, 0.1) is 0 Å². The average Bonchev–Trinajstić information content (AvgIpc) is 3.45. The molecule has 0 saturated carbocycles. The van der Waals surface area contributed by atoms with Gasteiger partial charge in [-0.1, -0.05) is 0 Å². The summed E-state index contributed by atoms with van der Waals surface area (Å²) < 4.78 is 7.95. The fraction of sp³-hybridized carbons (Fsp3) is 0.238. The highest BCUT2D eigenvalue weighted by atomic mass is 16.5. The van der Waals surface area contributed by atoms with E-state index in [9.17, 15) is 0 Å². The Bertz CT molecular complexity index is 1100. The molecule has 5 rings (SSSR count). The third-order valence-corrected chi connectivity index (χ3v) is 4.93. The molecule has 0 saturated heterocycles. The summed E-state index contributed by atoms with van der Waals surface area (Å²) in [7, 11) is 0. The first-order chi connectivity index (χ1) is 13.8. The predicted molar refractivity (Wildman–Crippen MR) is 105 cm³/mol. The van der Waals surface area contributed by atoms with Crippen molar-refractivity contribution in [2.45, 2.75) is 32.4 Å². The molecule has 4 heterocycles. The lowest BCUT2D eigenvalue weighted by molar-refractivity contribution is 0.254. The second-order valence-electron chi connectivity index (χ2n) is 6.99. The number of hydrogen-bond donors (Lipinski definition) is 1. The Morgan fingerprint density at radius 1 is 1.14 bits per heavy atom. The molecule has 0 fully saturated rings. The second kappa shape index (κ2) is 6.92. The number of hydrogen-bond acceptors (Lipinski definition) is 5. The fourth-order valence-electron chi connectivity index (χ4n) is 3.57. The number of aromatic nitrogens is 6. The van der Waals surface area contributed by atoms with E-state index < -0.39 is 0 Å². The van der Waals surface area contributed by atoms with Crippen LogP contribution in [0.5, 0.6) is 5.75 Å². The van der Waals surface area contributed by atoms with Crippen LogP contribution in [0.1, 0.15) is 18.3 Å². The number of rotatable bonds is 5. The molecule has 0 amide bonds. The van der Waals surface area contributed by atoms with Gasteiger partial charge in [-0.3, -0.25) is 10.1 Å². The molecule has 7 nitrogen and oxygen atoms in total. The third-order valence-electron chi connectivity index (χ3n) is 4.93. The maximum Gasteiger partial charge on any atom is 0.181 e. The molecule has 1 aliphatic rings. The Hall–Kier alpha value is -3.48. The molecule has 4 aromatic rings. The summed E-state index contributed by atoms with van der Waals surface area (Å²) in [5.74, 6) is 3.48. The Morgan fingerprint density at radius 3 is 2.93 bits per heavy atom. The topological polar surface area (TPSA) is 81.5 Å². The molecule has 0 aliphatic carbocycles. The third kappa shape index (κ3) is 3.15. The molecule has 1 aliphatic heterocycles. The second-order valence-corrected chi connectivity index (χ2v) is 6.99. The zero-order valence-electron chi connectivity index (χ0n) is 15.5. The van der Waals surface area contributed by atoms with Gasteiger partial charge in [-0.15, -0.1) is 0 Å². The van der Waals surface area contributed by atoms with Crippen molar-refractivity contribution in [1.82, 2.24) is 29.7 Å². The highest BCUT2D eigenvalue weighted by Gasteiger charge is 2.20. The van der Waals surface area contributed by atoms with Crippen molar-refractivity contribution in [2.24, 2.45) is 0 Å². The summed E-state index contributed by atoms with van der Waals surface area (Å²) >= 11 is 0. The number of aromatic amines is 1. The van der Waals surface area contributed by atoms with E-state index >= 15 is 0 Å². The molecule has 1 aromatic carbocycles. The van der Waals surface area contributed by atoms with Crippen LogP contribution in [-0.2, 0) is 19.4 Å². The van der Waals surface area contributed by atoms with Crippen LogP contribution in [0.2, 0.25) is 0 Å². The van der Waals surface area contributed by atoms with E-state index in [0.29, 0.717) is 5.82 Å². The van der Waals surface area contributed by atoms with Gasteiger partial charge < -0.3 is 9.30 Å². The maximum atomic E-state index is 5.80. The van der Waals surface area contributed by atoms with Crippen LogP contribution in [0.25, 0.3) is 22.8 Å². The zero-order chi connectivity index (χ0) is 18.9. The number of aryl methyl sites for hydroxylation is 2. The molecule has 28 heavy (non-hydrogen) atoms. The Balaban J connectivity index is 1.33. The number of imidazole rings is 1. The van der Waals surface area contributed by atoms with Gasteiger partial charge in [0, 0.05) is 55.3 Å². The van der Waals surface area contributed by atoms with Crippen molar-refractivity contribution >= 4 is 0 Å². The molecule has 1 N–H and O–H groups in total. The molecule has 0 unspecified atom stereocenters. The minimum absolute atomic E-state index is 0.242. The monoisotopic (exact) mass is 372 g/mol. The molecular weight excluding hydrogens is 352 g/mol. The molecule has 7 heteroatoms. The fourth-order valence-corrected chi connectivity index (χ4v) is 3.57. The van der Waals surface area contributed by atoms with Gasteiger partial charge in [0.15, 0.2) is 5.82 Å². The highest BCUT2D eigenvalue weighted by Crippen LogP contribution is 2.32. The van der Waals surface area contributed by atoms with Crippen molar-refractivity contribution in [3.8, 4) is 28.5 Å². The summed E-state index contributed by atoms with van der Waals surface area (Å²) in [5, 5.41) is 7.34. The molecule has 3 aromatic heterocycles. The average molecular weight is 372 g/mol. The van der Waals surface area contributed by atoms with Crippen molar-refractivity contribution in [3.05, 3.63) is 66.5 Å². The minimum Gasteiger partial charge on any atom is -0.490 e. The number of ether oxygens (including phenoxy) is 1. The summed E-state index contributed by atoms with van der Waals surface area (Å²) in [4.78, 5) is 13.2. The van der Waals surface area contributed by atoms with Crippen molar-refractivity contribution in [2.75, 3.05) is 0 Å². The van der Waals surface area contributed by atoms with Gasteiger partial charge in [-0.2, -0.15) is 5.10 Å². The predicted octanol–water partition coefficient (Wildman–Crippen LogP) is 3.30. The standard InChI is InChI=1S/C21H20N6O/c1-14-12-17-13-16(2-3-18(17)28-14)21-23-9-11-27(21)10-6-19-24-20(26-25-19)15-4-7-22-8-5-15/h2-5,7-9,11,13-14H,6,10,12H2,1H3,(H,24,25,26)/t14-/m0/s1. The van der Waals surface area contributed by atoms with E-state index in [1.54, 1.807) is 12.4 Å². The highest BCUT2D eigenvalue weighted by molar-refractivity contribution is 5.60. The summed E-state index contributed by atoms with van der Waals surface area (Å²) in [6, 6.07) is 10.1. The lowest BCUT2D eigenvalue weighted by Gasteiger charge is -2.08. The van der Waals surface area contributed by atoms with Gasteiger partial charge in [0.05, 0.1) is 0 Å². The summed E-state index contributed by atoms with van der Waals surface area (Å²) in [6.07, 6.45) is 9.25. The number of nitrogens with one attached hydrogen (secondary N) is 1. The van der Waals surface area contributed by atoms with E-state index in [1.165, 1.54) is 5.56 Å². The lowest BCUT2D eigenvalue weighted by atomic mass is 10.1. The first kappa shape index (κ1) is 16.7. The van der Waals surface area contributed by atoms with Gasteiger partial charge in [0.2, 0.25) is 0 Å². The SMILES string of the molecule is C[C@H]1Cc2cc(-c3nccn3CCc3nc(-c4ccncc4)n[nH]3)ccc2O1. The van der Waals surface area contributed by atoms with Crippen molar-refractivity contribution < 1.29 is 4.74 Å². The van der Waals surface area contributed by atoms with Gasteiger partial charge in [0.1, 0.15) is 23.5 Å². The van der Waals surface area contributed by atoms with Crippen LogP contribution < -0.4 is 4.74 Å². The number of nitrogens with zero attached hydrogens (tertiary/aromatic N) is 5. The van der Waals surface area contributed by atoms with Crippen LogP contribution >= 0.6 is 0 Å². The molecule has 0 bridgehead atoms. The molecule has 0 spiro atoms. The van der Waals surface area contributed by atoms with E-state index in [2.05, 4.69) is 48.8 Å². The minimum atomic E-state index is 0.242. The van der Waals surface area contributed by atoms with Crippen LogP contribution in [0.15, 0.2) is 55.1 Å². The van der Waals surface area contributed by atoms with Gasteiger partial charge >= 0.3 is 0 Å². The van der Waals surface area contributed by atoms with E-state index in [0.717, 1.165) is 47.9 Å². The molecular formula is C21H20N6O. The number of benzene rings is 1.